The minimum absolute atomic E-state index is 0.349. The monoisotopic (exact) mass is 283 g/mol. The number of halogens is 1. The van der Waals surface area contributed by atoms with Crippen molar-refractivity contribution in [2.24, 2.45) is 5.92 Å². The first-order chi connectivity index (χ1) is 7.78. The largest absolute Gasteiger partial charge is 0.508 e. The van der Waals surface area contributed by atoms with Crippen molar-refractivity contribution in [3.63, 3.8) is 0 Å². The average Bonchev–Trinajstić information content (AvgIpc) is 2.70. The van der Waals surface area contributed by atoms with Crippen LogP contribution in [0.2, 0.25) is 0 Å². The van der Waals surface area contributed by atoms with Crippen LogP contribution in [-0.4, -0.2) is 28.4 Å². The van der Waals surface area contributed by atoms with Crippen molar-refractivity contribution in [2.75, 3.05) is 18.4 Å². The van der Waals surface area contributed by atoms with Crippen LogP contribution in [0.15, 0.2) is 24.3 Å². The van der Waals surface area contributed by atoms with Crippen molar-refractivity contribution in [2.45, 2.75) is 19.4 Å². The van der Waals surface area contributed by atoms with E-state index in [-0.39, 0.29) is 0 Å². The Hall–Kier alpha value is -0.540. The summed E-state index contributed by atoms with van der Waals surface area (Å²) in [5.74, 6) is 1.21. The summed E-state index contributed by atoms with van der Waals surface area (Å²) >= 11 is 3.51. The molecule has 0 saturated carbocycles. The summed E-state index contributed by atoms with van der Waals surface area (Å²) in [5.41, 5.74) is 1.29. The molecule has 3 heteroatoms. The zero-order valence-corrected chi connectivity index (χ0v) is 11.0. The van der Waals surface area contributed by atoms with Gasteiger partial charge in [-0.1, -0.05) is 28.1 Å². The van der Waals surface area contributed by atoms with Crippen molar-refractivity contribution in [3.05, 3.63) is 29.8 Å². The molecular weight excluding hydrogens is 266 g/mol. The molecule has 1 N–H and O–H groups in total. The van der Waals surface area contributed by atoms with Gasteiger partial charge in [0.25, 0.3) is 0 Å². The van der Waals surface area contributed by atoms with Gasteiger partial charge in [-0.2, -0.15) is 0 Å². The number of hydrogen-bond acceptors (Lipinski definition) is 2. The highest BCUT2D eigenvalue weighted by molar-refractivity contribution is 9.09. The lowest BCUT2D eigenvalue weighted by Crippen LogP contribution is -2.20. The van der Waals surface area contributed by atoms with Gasteiger partial charge < -0.3 is 5.11 Å². The first-order valence-electron chi connectivity index (χ1n) is 5.84. The third-order valence-corrected chi connectivity index (χ3v) is 3.69. The quantitative estimate of drug-likeness (QED) is 0.859. The molecule has 1 unspecified atom stereocenters. The lowest BCUT2D eigenvalue weighted by molar-refractivity contribution is 0.315. The maximum atomic E-state index is 9.21. The molecule has 1 fully saturated rings. The van der Waals surface area contributed by atoms with Gasteiger partial charge >= 0.3 is 0 Å². The molecule has 0 radical (unpaired) electrons. The van der Waals surface area contributed by atoms with E-state index >= 15 is 0 Å². The fourth-order valence-electron chi connectivity index (χ4n) is 2.31. The zero-order chi connectivity index (χ0) is 11.4. The highest BCUT2D eigenvalue weighted by Crippen LogP contribution is 2.22. The van der Waals surface area contributed by atoms with Gasteiger partial charge in [0.15, 0.2) is 0 Å². The predicted octanol–water partition coefficient (Wildman–Crippen LogP) is 3.00. The van der Waals surface area contributed by atoms with Gasteiger partial charge in [-0.05, 0) is 43.0 Å². The Morgan fingerprint density at radius 2 is 2.06 bits per heavy atom. The lowest BCUT2D eigenvalue weighted by Gasteiger charge is -2.15. The minimum atomic E-state index is 0.349. The summed E-state index contributed by atoms with van der Waals surface area (Å²) < 4.78 is 0. The van der Waals surface area contributed by atoms with E-state index in [1.807, 2.05) is 12.1 Å². The second-order valence-electron chi connectivity index (χ2n) is 4.53. The van der Waals surface area contributed by atoms with Gasteiger partial charge in [0.1, 0.15) is 5.75 Å². The van der Waals surface area contributed by atoms with Crippen LogP contribution in [0.25, 0.3) is 0 Å². The van der Waals surface area contributed by atoms with Gasteiger partial charge in [-0.25, -0.2) is 0 Å². The Balaban J connectivity index is 1.84. The number of nitrogens with zero attached hydrogens (tertiary/aromatic N) is 1. The van der Waals surface area contributed by atoms with Crippen LogP contribution >= 0.6 is 15.9 Å². The van der Waals surface area contributed by atoms with E-state index in [0.29, 0.717) is 5.75 Å². The Morgan fingerprint density at radius 1 is 1.31 bits per heavy atom. The number of hydrogen-bond donors (Lipinski definition) is 1. The molecule has 0 aromatic heterocycles. The number of phenols is 1. The molecule has 16 heavy (non-hydrogen) atoms. The van der Waals surface area contributed by atoms with Crippen molar-refractivity contribution in [3.8, 4) is 5.75 Å². The number of benzene rings is 1. The van der Waals surface area contributed by atoms with Crippen LogP contribution in [0.5, 0.6) is 5.75 Å². The summed E-state index contributed by atoms with van der Waals surface area (Å²) in [4.78, 5) is 2.50. The highest BCUT2D eigenvalue weighted by atomic mass is 79.9. The van der Waals surface area contributed by atoms with Crippen LogP contribution in [0.4, 0.5) is 0 Å². The molecule has 2 nitrogen and oxygen atoms in total. The van der Waals surface area contributed by atoms with Crippen LogP contribution in [0.1, 0.15) is 18.4 Å². The first kappa shape index (κ1) is 11.9. The SMILES string of the molecule is Oc1ccc(CN2CCC(CCBr)C2)cc1. The van der Waals surface area contributed by atoms with E-state index in [4.69, 9.17) is 0 Å². The topological polar surface area (TPSA) is 23.5 Å². The second kappa shape index (κ2) is 5.69. The highest BCUT2D eigenvalue weighted by Gasteiger charge is 2.21. The maximum absolute atomic E-state index is 9.21. The molecule has 0 bridgehead atoms. The molecule has 2 rings (SSSR count). The van der Waals surface area contributed by atoms with Crippen molar-refractivity contribution in [1.29, 1.82) is 0 Å². The average molecular weight is 284 g/mol. The molecule has 1 aliphatic heterocycles. The molecule has 1 aromatic carbocycles. The Kier molecular flexibility index (Phi) is 4.24. The molecule has 1 saturated heterocycles. The van der Waals surface area contributed by atoms with E-state index in [9.17, 15) is 5.11 Å². The predicted molar refractivity (Wildman–Crippen MR) is 69.9 cm³/mol. The van der Waals surface area contributed by atoms with Gasteiger partial charge in [0.05, 0.1) is 0 Å². The molecule has 88 valence electrons. The third kappa shape index (κ3) is 3.22. The van der Waals surface area contributed by atoms with Gasteiger partial charge in [-0.3, -0.25) is 4.90 Å². The van der Waals surface area contributed by atoms with E-state index < -0.39 is 0 Å². The maximum Gasteiger partial charge on any atom is 0.115 e. The number of likely N-dealkylation sites (tertiary alicyclic amines) is 1. The van der Waals surface area contributed by atoms with Crippen LogP contribution in [-0.2, 0) is 6.54 Å². The lowest BCUT2D eigenvalue weighted by atomic mass is 10.1. The Labute approximate surface area is 105 Å². The Morgan fingerprint density at radius 3 is 2.75 bits per heavy atom. The van der Waals surface area contributed by atoms with Crippen LogP contribution in [0.3, 0.4) is 0 Å². The summed E-state index contributed by atoms with van der Waals surface area (Å²) in [6.07, 6.45) is 2.61. The van der Waals surface area contributed by atoms with Crippen LogP contribution in [0, 0.1) is 5.92 Å². The fraction of sp³-hybridized carbons (Fsp3) is 0.538. The number of aromatic hydroxyl groups is 1. The molecule has 1 atom stereocenters. The summed E-state index contributed by atoms with van der Waals surface area (Å²) in [5, 5.41) is 10.3. The molecule has 1 aromatic rings. The minimum Gasteiger partial charge on any atom is -0.508 e. The van der Waals surface area contributed by atoms with Crippen LogP contribution < -0.4 is 0 Å². The first-order valence-corrected chi connectivity index (χ1v) is 6.96. The summed E-state index contributed by atoms with van der Waals surface area (Å²) in [6.45, 7) is 3.43. The number of phenolic OH excluding ortho intramolecular Hbond substituents is 1. The van der Waals surface area contributed by atoms with E-state index in [2.05, 4.69) is 20.8 Å². The van der Waals surface area contributed by atoms with Crippen molar-refractivity contribution in [1.82, 2.24) is 4.90 Å². The molecule has 1 aliphatic rings. The summed E-state index contributed by atoms with van der Waals surface area (Å²) in [7, 11) is 0. The van der Waals surface area contributed by atoms with E-state index in [1.54, 1.807) is 12.1 Å². The van der Waals surface area contributed by atoms with E-state index in [0.717, 1.165) is 17.8 Å². The molecule has 1 heterocycles. The van der Waals surface area contributed by atoms with Gasteiger partial charge in [0, 0.05) is 18.4 Å². The number of rotatable bonds is 4. The second-order valence-corrected chi connectivity index (χ2v) is 5.33. The normalized spacial score (nSPS) is 21.4. The van der Waals surface area contributed by atoms with E-state index in [1.165, 1.54) is 31.5 Å². The summed E-state index contributed by atoms with van der Waals surface area (Å²) in [6, 6.07) is 7.54. The number of alkyl halides is 1. The van der Waals surface area contributed by atoms with Crippen molar-refractivity contribution < 1.29 is 5.11 Å². The standard InChI is InChI=1S/C13H18BrNO/c14-7-5-12-6-8-15(10-12)9-11-1-3-13(16)4-2-11/h1-4,12,16H,5-10H2. The fourth-order valence-corrected chi connectivity index (χ4v) is 2.95. The third-order valence-electron chi connectivity index (χ3n) is 3.23. The Bertz CT molecular complexity index is 325. The molecule has 0 spiro atoms. The van der Waals surface area contributed by atoms with Crippen molar-refractivity contribution >= 4 is 15.9 Å². The smallest absolute Gasteiger partial charge is 0.115 e. The van der Waals surface area contributed by atoms with Gasteiger partial charge in [-0.15, -0.1) is 0 Å². The van der Waals surface area contributed by atoms with Gasteiger partial charge in [0.2, 0.25) is 0 Å². The molecule has 0 amide bonds. The molecular formula is C13H18BrNO. The molecule has 0 aliphatic carbocycles. The zero-order valence-electron chi connectivity index (χ0n) is 9.40.